The third-order valence-corrected chi connectivity index (χ3v) is 5.29. The first-order valence-corrected chi connectivity index (χ1v) is 9.54. The molecule has 4 aromatic rings. The van der Waals surface area contributed by atoms with Gasteiger partial charge in [0.25, 0.3) is 11.8 Å². The summed E-state index contributed by atoms with van der Waals surface area (Å²) >= 11 is 7.52. The van der Waals surface area contributed by atoms with Crippen LogP contribution in [0.3, 0.4) is 0 Å². The van der Waals surface area contributed by atoms with E-state index < -0.39 is 5.91 Å². The van der Waals surface area contributed by atoms with Crippen LogP contribution in [-0.2, 0) is 0 Å². The van der Waals surface area contributed by atoms with Crippen molar-refractivity contribution in [3.63, 3.8) is 0 Å². The molecule has 3 heterocycles. The van der Waals surface area contributed by atoms with E-state index in [1.165, 1.54) is 18.4 Å². The lowest BCUT2D eigenvalue weighted by molar-refractivity contribution is 0.0952. The van der Waals surface area contributed by atoms with Crippen LogP contribution in [0.5, 0.6) is 0 Å². The van der Waals surface area contributed by atoms with Gasteiger partial charge in [0.15, 0.2) is 4.80 Å². The summed E-state index contributed by atoms with van der Waals surface area (Å²) in [5.41, 5.74) is 1.92. The zero-order valence-corrected chi connectivity index (χ0v) is 16.2. The van der Waals surface area contributed by atoms with Crippen molar-refractivity contribution in [1.29, 1.82) is 0 Å². The van der Waals surface area contributed by atoms with Gasteiger partial charge in [0.05, 0.1) is 16.3 Å². The molecule has 28 heavy (non-hydrogen) atoms. The minimum Gasteiger partial charge on any atom is -0.354 e. The van der Waals surface area contributed by atoms with Crippen LogP contribution in [0.1, 0.15) is 20.8 Å². The number of benzene rings is 1. The Labute approximate surface area is 168 Å². The van der Waals surface area contributed by atoms with E-state index in [4.69, 9.17) is 11.6 Å². The van der Waals surface area contributed by atoms with Crippen LogP contribution in [0, 0.1) is 0 Å². The van der Waals surface area contributed by atoms with Crippen molar-refractivity contribution in [2.24, 2.45) is 4.99 Å². The molecule has 0 atom stereocenters. The van der Waals surface area contributed by atoms with Crippen molar-refractivity contribution in [1.82, 2.24) is 19.9 Å². The van der Waals surface area contributed by atoms with Gasteiger partial charge in [0, 0.05) is 30.2 Å². The highest BCUT2D eigenvalue weighted by Gasteiger charge is 2.18. The fourth-order valence-corrected chi connectivity index (χ4v) is 3.91. The van der Waals surface area contributed by atoms with Crippen molar-refractivity contribution in [2.75, 3.05) is 7.05 Å². The van der Waals surface area contributed by atoms with Gasteiger partial charge in [-0.2, -0.15) is 4.99 Å². The summed E-state index contributed by atoms with van der Waals surface area (Å²) in [6.45, 7) is 0. The van der Waals surface area contributed by atoms with Crippen molar-refractivity contribution in [3.8, 4) is 5.69 Å². The number of carbonyl (C=O) groups excluding carboxylic acids is 2. The molecule has 9 heteroatoms. The number of carbonyl (C=O) groups is 2. The van der Waals surface area contributed by atoms with E-state index in [9.17, 15) is 9.59 Å². The number of halogens is 1. The van der Waals surface area contributed by atoms with E-state index in [0.29, 0.717) is 37.8 Å². The Morgan fingerprint density at radius 1 is 1.25 bits per heavy atom. The molecule has 1 aromatic carbocycles. The first-order chi connectivity index (χ1) is 13.6. The van der Waals surface area contributed by atoms with Crippen LogP contribution in [0.2, 0.25) is 5.02 Å². The molecule has 0 saturated carbocycles. The van der Waals surface area contributed by atoms with Crippen LogP contribution in [0.15, 0.2) is 59.2 Å². The van der Waals surface area contributed by atoms with Gasteiger partial charge >= 0.3 is 0 Å². The lowest BCUT2D eigenvalue weighted by atomic mass is 10.2. The predicted octanol–water partition coefficient (Wildman–Crippen LogP) is 3.17. The normalized spacial score (nSPS) is 11.7. The van der Waals surface area contributed by atoms with E-state index in [2.05, 4.69) is 20.3 Å². The first-order valence-electron chi connectivity index (χ1n) is 8.29. The molecule has 0 fully saturated rings. The fourth-order valence-electron chi connectivity index (χ4n) is 2.82. The summed E-state index contributed by atoms with van der Waals surface area (Å²) in [6, 6.07) is 10.6. The number of amides is 2. The second kappa shape index (κ2) is 7.41. The Balaban J connectivity index is 1.90. The maximum atomic E-state index is 12.9. The van der Waals surface area contributed by atoms with Crippen LogP contribution >= 0.6 is 22.9 Å². The van der Waals surface area contributed by atoms with Crippen molar-refractivity contribution in [2.45, 2.75) is 0 Å². The molecule has 0 aliphatic rings. The maximum Gasteiger partial charge on any atom is 0.281 e. The Hall–Kier alpha value is -3.23. The smallest absolute Gasteiger partial charge is 0.281 e. The number of nitrogens with one attached hydrogen (secondary N) is 2. The maximum absolute atomic E-state index is 12.9. The van der Waals surface area contributed by atoms with Gasteiger partial charge in [-0.15, -0.1) is 11.3 Å². The minimum atomic E-state index is -0.439. The van der Waals surface area contributed by atoms with E-state index in [1.807, 2.05) is 0 Å². The van der Waals surface area contributed by atoms with Crippen molar-refractivity contribution in [3.05, 3.63) is 75.3 Å². The molecule has 0 aliphatic carbocycles. The van der Waals surface area contributed by atoms with Gasteiger partial charge in [0.1, 0.15) is 11.3 Å². The molecular formula is C19H14ClN5O2S. The zero-order chi connectivity index (χ0) is 19.7. The average Bonchev–Trinajstić information content (AvgIpc) is 3.32. The second-order valence-electron chi connectivity index (χ2n) is 5.79. The average molecular weight is 412 g/mol. The van der Waals surface area contributed by atoms with Gasteiger partial charge in [-0.1, -0.05) is 23.7 Å². The standard InChI is InChI=1S/C19H14ClN5O2S/c1-21-18(27)15-10-28-19(25(15)14-7-3-2-6-13(14)20)24-17(26)12-9-23-16-11(12)5-4-8-22-16/h2-10H,1H3,(H,21,27)(H,22,23). The quantitative estimate of drug-likeness (QED) is 0.542. The van der Waals surface area contributed by atoms with E-state index in [-0.39, 0.29) is 5.91 Å². The Kier molecular flexibility index (Phi) is 4.81. The molecule has 2 amide bonds. The third-order valence-electron chi connectivity index (χ3n) is 4.14. The van der Waals surface area contributed by atoms with Crippen molar-refractivity contribution < 1.29 is 9.59 Å². The summed E-state index contributed by atoms with van der Waals surface area (Å²) in [5, 5.41) is 5.36. The second-order valence-corrected chi connectivity index (χ2v) is 7.03. The molecule has 0 bridgehead atoms. The van der Waals surface area contributed by atoms with Crippen molar-refractivity contribution >= 4 is 45.8 Å². The summed E-state index contributed by atoms with van der Waals surface area (Å²) in [6.07, 6.45) is 3.22. The number of rotatable bonds is 3. The number of hydrogen-bond donors (Lipinski definition) is 2. The number of fused-ring (bicyclic) bond motifs is 1. The Bertz CT molecular complexity index is 1270. The number of nitrogens with zero attached hydrogens (tertiary/aromatic N) is 3. The molecule has 0 radical (unpaired) electrons. The SMILES string of the molecule is CNC(=O)c1csc(=NC(=O)c2c[nH]c3ncccc23)n1-c1ccccc1Cl. The molecule has 7 nitrogen and oxygen atoms in total. The molecule has 0 unspecified atom stereocenters. The molecular weight excluding hydrogens is 398 g/mol. The molecule has 0 saturated heterocycles. The van der Waals surface area contributed by atoms with Crippen LogP contribution in [-0.4, -0.2) is 33.4 Å². The predicted molar refractivity (Wildman–Crippen MR) is 108 cm³/mol. The topological polar surface area (TPSA) is 92.1 Å². The number of para-hydroxylation sites is 1. The zero-order valence-electron chi connectivity index (χ0n) is 14.6. The number of pyridine rings is 1. The number of hydrogen-bond acceptors (Lipinski definition) is 4. The number of thiazole rings is 1. The van der Waals surface area contributed by atoms with E-state index in [1.54, 1.807) is 58.7 Å². The molecule has 0 aliphatic heterocycles. The van der Waals surface area contributed by atoms with Crippen LogP contribution < -0.4 is 10.1 Å². The number of aromatic nitrogens is 3. The highest BCUT2D eigenvalue weighted by Crippen LogP contribution is 2.22. The first kappa shape index (κ1) is 18.1. The summed E-state index contributed by atoms with van der Waals surface area (Å²) in [5.74, 6) is -0.744. The van der Waals surface area contributed by atoms with Gasteiger partial charge in [0.2, 0.25) is 0 Å². The molecule has 2 N–H and O–H groups in total. The Morgan fingerprint density at radius 2 is 2.07 bits per heavy atom. The highest BCUT2D eigenvalue weighted by atomic mass is 35.5. The van der Waals surface area contributed by atoms with E-state index >= 15 is 0 Å². The number of H-pyrrole nitrogens is 1. The van der Waals surface area contributed by atoms with Crippen LogP contribution in [0.4, 0.5) is 0 Å². The van der Waals surface area contributed by atoms with Gasteiger partial charge < -0.3 is 10.3 Å². The fraction of sp³-hybridized carbons (Fsp3) is 0.0526. The van der Waals surface area contributed by atoms with Gasteiger partial charge in [-0.3, -0.25) is 14.2 Å². The molecule has 3 aromatic heterocycles. The lowest BCUT2D eigenvalue weighted by Gasteiger charge is -2.09. The third kappa shape index (κ3) is 3.12. The van der Waals surface area contributed by atoms with E-state index in [0.717, 1.165) is 0 Å². The minimum absolute atomic E-state index is 0.304. The molecule has 0 spiro atoms. The van der Waals surface area contributed by atoms with Gasteiger partial charge in [-0.05, 0) is 24.3 Å². The monoisotopic (exact) mass is 411 g/mol. The molecule has 4 rings (SSSR count). The van der Waals surface area contributed by atoms with Gasteiger partial charge in [-0.25, -0.2) is 4.98 Å². The summed E-state index contributed by atoms with van der Waals surface area (Å²) in [7, 11) is 1.54. The highest BCUT2D eigenvalue weighted by molar-refractivity contribution is 7.07. The molecule has 140 valence electrons. The number of aromatic amines is 1. The summed E-state index contributed by atoms with van der Waals surface area (Å²) in [4.78, 5) is 36.9. The van der Waals surface area contributed by atoms with Crippen LogP contribution in [0.25, 0.3) is 16.7 Å². The Morgan fingerprint density at radius 3 is 2.86 bits per heavy atom. The largest absolute Gasteiger partial charge is 0.354 e. The lowest BCUT2D eigenvalue weighted by Crippen LogP contribution is -2.26. The summed E-state index contributed by atoms with van der Waals surface area (Å²) < 4.78 is 1.58.